The summed E-state index contributed by atoms with van der Waals surface area (Å²) in [7, 11) is 0. The zero-order valence-corrected chi connectivity index (χ0v) is 15.9. The molecular formula is C19H12Cl2F2N2O3. The van der Waals surface area contributed by atoms with Gasteiger partial charge in [-0.05, 0) is 43.3 Å². The second-order valence-electron chi connectivity index (χ2n) is 5.61. The normalized spacial score (nSPS) is 15.2. The van der Waals surface area contributed by atoms with Crippen molar-refractivity contribution in [1.82, 2.24) is 0 Å². The Morgan fingerprint density at radius 1 is 1.18 bits per heavy atom. The molecule has 0 fully saturated rings. The number of amides is 1. The topological polar surface area (TPSA) is 59.0 Å². The van der Waals surface area contributed by atoms with E-state index in [-0.39, 0.29) is 33.6 Å². The van der Waals surface area contributed by atoms with E-state index in [9.17, 15) is 18.4 Å². The van der Waals surface area contributed by atoms with E-state index >= 15 is 0 Å². The van der Waals surface area contributed by atoms with E-state index in [1.165, 1.54) is 24.3 Å². The molecule has 3 rings (SSSR count). The molecule has 28 heavy (non-hydrogen) atoms. The number of carbonyl (C=O) groups excluding carboxylic acids is 2. The number of hydrogen-bond acceptors (Lipinski definition) is 4. The van der Waals surface area contributed by atoms with Crippen molar-refractivity contribution in [3.8, 4) is 0 Å². The molecule has 0 spiro atoms. The van der Waals surface area contributed by atoms with E-state index in [0.717, 1.165) is 23.2 Å². The van der Waals surface area contributed by atoms with Crippen LogP contribution in [-0.4, -0.2) is 24.2 Å². The number of esters is 1. The van der Waals surface area contributed by atoms with Crippen molar-refractivity contribution in [2.45, 2.75) is 6.92 Å². The quantitative estimate of drug-likeness (QED) is 0.531. The third-order valence-corrected chi connectivity index (χ3v) is 4.16. The van der Waals surface area contributed by atoms with Gasteiger partial charge in [-0.25, -0.2) is 13.6 Å². The summed E-state index contributed by atoms with van der Waals surface area (Å²) in [5.41, 5.74) is -1.00. The molecule has 0 aromatic heterocycles. The van der Waals surface area contributed by atoms with Gasteiger partial charge in [0.2, 0.25) is 0 Å². The van der Waals surface area contributed by atoms with E-state index in [1.54, 1.807) is 6.92 Å². The molecular weight excluding hydrogens is 413 g/mol. The van der Waals surface area contributed by atoms with Crippen LogP contribution in [0, 0.1) is 11.6 Å². The van der Waals surface area contributed by atoms with Gasteiger partial charge in [0, 0.05) is 15.6 Å². The fourth-order valence-corrected chi connectivity index (χ4v) is 3.04. The van der Waals surface area contributed by atoms with E-state index in [1.807, 2.05) is 0 Å². The van der Waals surface area contributed by atoms with Crippen LogP contribution < -0.4 is 5.01 Å². The summed E-state index contributed by atoms with van der Waals surface area (Å²) < 4.78 is 33.0. The summed E-state index contributed by atoms with van der Waals surface area (Å²) in [6.07, 6.45) is 0.926. The maximum absolute atomic E-state index is 14.0. The molecule has 0 unspecified atom stereocenters. The first kappa shape index (κ1) is 20.0. The molecule has 2 aromatic rings. The van der Waals surface area contributed by atoms with Crippen molar-refractivity contribution in [2.75, 3.05) is 11.6 Å². The molecule has 1 heterocycles. The first-order valence-corrected chi connectivity index (χ1v) is 8.79. The van der Waals surface area contributed by atoms with Gasteiger partial charge in [-0.2, -0.15) is 10.1 Å². The Morgan fingerprint density at radius 2 is 1.79 bits per heavy atom. The van der Waals surface area contributed by atoms with Crippen molar-refractivity contribution < 1.29 is 23.1 Å². The lowest BCUT2D eigenvalue weighted by Crippen LogP contribution is -2.23. The summed E-state index contributed by atoms with van der Waals surface area (Å²) in [5, 5.41) is 5.32. The van der Waals surface area contributed by atoms with Gasteiger partial charge in [-0.3, -0.25) is 4.79 Å². The lowest BCUT2D eigenvalue weighted by Gasteiger charge is -2.12. The highest BCUT2D eigenvalue weighted by Gasteiger charge is 2.36. The molecule has 0 radical (unpaired) electrons. The Balaban J connectivity index is 2.13. The number of hydrogen-bond donors (Lipinski definition) is 0. The molecule has 0 bridgehead atoms. The molecule has 1 aliphatic rings. The van der Waals surface area contributed by atoms with Crippen LogP contribution in [0.2, 0.25) is 10.0 Å². The standard InChI is InChI=1S/C19H12Cl2F2N2O3/c1-2-28-19(27)17-14(9-13-15(22)4-3-5-16(13)23)18(26)25(24-17)12-7-10(20)6-11(21)8-12/h3-9H,2H2,1H3/b14-9+. The van der Waals surface area contributed by atoms with Crippen LogP contribution in [0.3, 0.4) is 0 Å². The monoisotopic (exact) mass is 424 g/mol. The van der Waals surface area contributed by atoms with Gasteiger partial charge >= 0.3 is 5.97 Å². The molecule has 0 aliphatic carbocycles. The van der Waals surface area contributed by atoms with Crippen LogP contribution >= 0.6 is 23.2 Å². The Morgan fingerprint density at radius 3 is 2.36 bits per heavy atom. The van der Waals surface area contributed by atoms with Crippen molar-refractivity contribution in [2.24, 2.45) is 5.10 Å². The maximum Gasteiger partial charge on any atom is 0.359 e. The summed E-state index contributed by atoms with van der Waals surface area (Å²) in [5.74, 6) is -3.49. The third kappa shape index (κ3) is 3.90. The van der Waals surface area contributed by atoms with Crippen LogP contribution in [0.15, 0.2) is 47.1 Å². The van der Waals surface area contributed by atoms with Gasteiger partial charge in [0.25, 0.3) is 5.91 Å². The first-order valence-electron chi connectivity index (χ1n) is 8.04. The summed E-state index contributed by atoms with van der Waals surface area (Å²) in [6.45, 7) is 1.60. The molecule has 1 amide bonds. The number of hydrazone groups is 1. The average Bonchev–Trinajstić information content (AvgIpc) is 2.94. The molecule has 0 saturated heterocycles. The number of carbonyl (C=O) groups is 2. The fraction of sp³-hybridized carbons (Fsp3) is 0.105. The Hall–Kier alpha value is -2.77. The Kier molecular flexibility index (Phi) is 5.76. The number of halogens is 4. The van der Waals surface area contributed by atoms with Crippen molar-refractivity contribution in [3.63, 3.8) is 0 Å². The average molecular weight is 425 g/mol. The van der Waals surface area contributed by atoms with E-state index in [0.29, 0.717) is 0 Å². The number of anilines is 1. The van der Waals surface area contributed by atoms with Gasteiger partial charge in [0.1, 0.15) is 11.6 Å². The number of ether oxygens (including phenoxy) is 1. The molecule has 0 N–H and O–H groups in total. The van der Waals surface area contributed by atoms with Crippen LogP contribution in [0.4, 0.5) is 14.5 Å². The third-order valence-electron chi connectivity index (χ3n) is 3.73. The smallest absolute Gasteiger partial charge is 0.359 e. The molecule has 9 heteroatoms. The largest absolute Gasteiger partial charge is 0.461 e. The van der Waals surface area contributed by atoms with Gasteiger partial charge in [0.05, 0.1) is 17.9 Å². The van der Waals surface area contributed by atoms with E-state index < -0.39 is 29.1 Å². The highest BCUT2D eigenvalue weighted by Crippen LogP contribution is 2.31. The predicted octanol–water partition coefficient (Wildman–Crippen LogP) is 4.62. The van der Waals surface area contributed by atoms with Crippen molar-refractivity contribution in [3.05, 3.63) is 69.2 Å². The van der Waals surface area contributed by atoms with Crippen molar-refractivity contribution >= 4 is 52.6 Å². The number of rotatable bonds is 4. The van der Waals surface area contributed by atoms with Crippen molar-refractivity contribution in [1.29, 1.82) is 0 Å². The van der Waals surface area contributed by atoms with E-state index in [4.69, 9.17) is 27.9 Å². The van der Waals surface area contributed by atoms with E-state index in [2.05, 4.69) is 5.10 Å². The number of nitrogens with zero attached hydrogens (tertiary/aromatic N) is 2. The molecule has 5 nitrogen and oxygen atoms in total. The van der Waals surface area contributed by atoms with Crippen LogP contribution in [0.1, 0.15) is 12.5 Å². The minimum absolute atomic E-state index is 0.0242. The maximum atomic E-state index is 14.0. The molecule has 1 aliphatic heterocycles. The van der Waals surface area contributed by atoms with Crippen LogP contribution in [0.5, 0.6) is 0 Å². The van der Waals surface area contributed by atoms with Gasteiger partial charge in [-0.15, -0.1) is 0 Å². The van der Waals surface area contributed by atoms with Crippen LogP contribution in [0.25, 0.3) is 6.08 Å². The lowest BCUT2D eigenvalue weighted by atomic mass is 10.1. The first-order chi connectivity index (χ1) is 13.3. The molecule has 0 saturated carbocycles. The molecule has 2 aromatic carbocycles. The summed E-state index contributed by atoms with van der Waals surface area (Å²) in [4.78, 5) is 25.1. The van der Waals surface area contributed by atoms with Gasteiger partial charge in [0.15, 0.2) is 5.71 Å². The van der Waals surface area contributed by atoms with Crippen LogP contribution in [-0.2, 0) is 14.3 Å². The zero-order valence-electron chi connectivity index (χ0n) is 14.4. The second-order valence-corrected chi connectivity index (χ2v) is 6.48. The molecule has 144 valence electrons. The Bertz CT molecular complexity index is 997. The summed E-state index contributed by atoms with van der Waals surface area (Å²) >= 11 is 11.9. The van der Waals surface area contributed by atoms with Gasteiger partial charge in [-0.1, -0.05) is 29.3 Å². The highest BCUT2D eigenvalue weighted by molar-refractivity contribution is 6.54. The molecule has 0 atom stereocenters. The summed E-state index contributed by atoms with van der Waals surface area (Å²) in [6, 6.07) is 7.52. The second kappa shape index (κ2) is 8.08. The lowest BCUT2D eigenvalue weighted by molar-refractivity contribution is -0.135. The predicted molar refractivity (Wildman–Crippen MR) is 102 cm³/mol. The SMILES string of the molecule is CCOC(=O)C1=NN(c2cc(Cl)cc(Cl)c2)C(=O)/C1=C/c1c(F)cccc1F. The van der Waals surface area contributed by atoms with Gasteiger partial charge < -0.3 is 4.74 Å². The Labute approximate surface area is 168 Å². The minimum Gasteiger partial charge on any atom is -0.461 e. The zero-order chi connectivity index (χ0) is 20.4. The number of benzene rings is 2. The minimum atomic E-state index is -0.908. The fourth-order valence-electron chi connectivity index (χ4n) is 2.52. The highest BCUT2D eigenvalue weighted by atomic mass is 35.5.